The van der Waals surface area contributed by atoms with E-state index in [0.717, 1.165) is 43.3 Å². The number of aliphatic hydroxyl groups is 1. The lowest BCUT2D eigenvalue weighted by atomic mass is 9.37. The Morgan fingerprint density at radius 1 is 1.31 bits per heavy atom. The highest BCUT2D eigenvalue weighted by Crippen LogP contribution is 2.74. The first-order valence-electron chi connectivity index (χ1n) is 12.2. The molecule has 2 aliphatic heterocycles. The maximum atomic E-state index is 13.1. The standard InChI is InChI=1S/C26H31NO5/c1-3-31-22(28)17-13-24-8-9-26(17,29)23-25(24)10-11-27(14-15-4-5-15)19(24)12-16-6-7-18(30-2)21(32-23)20(16)25/h6-9,15,17,19,23,29H,3-5,10-14H2,1-2H3/t17-,19-,23-,24-,25+,26-/m1/s1. The highest BCUT2D eigenvalue weighted by molar-refractivity contribution is 5.78. The Balaban J connectivity index is 1.46. The number of ether oxygens (including phenoxy) is 3. The van der Waals surface area contributed by atoms with Gasteiger partial charge in [0.25, 0.3) is 0 Å². The first kappa shape index (κ1) is 19.4. The number of methoxy groups -OCH3 is 1. The summed E-state index contributed by atoms with van der Waals surface area (Å²) in [5, 5.41) is 12.1. The molecule has 32 heavy (non-hydrogen) atoms. The Hall–Kier alpha value is -2.05. The van der Waals surface area contributed by atoms with Crippen molar-refractivity contribution in [3.8, 4) is 11.5 Å². The van der Waals surface area contributed by atoms with E-state index in [-0.39, 0.29) is 16.8 Å². The average Bonchev–Trinajstić information content (AvgIpc) is 3.53. The molecule has 1 aromatic carbocycles. The van der Waals surface area contributed by atoms with Crippen molar-refractivity contribution in [3.63, 3.8) is 0 Å². The van der Waals surface area contributed by atoms with Crippen molar-refractivity contribution in [1.29, 1.82) is 0 Å². The Morgan fingerprint density at radius 3 is 2.91 bits per heavy atom. The predicted molar refractivity (Wildman–Crippen MR) is 117 cm³/mol. The van der Waals surface area contributed by atoms with E-state index >= 15 is 0 Å². The van der Waals surface area contributed by atoms with Crippen LogP contribution in [-0.4, -0.2) is 60.5 Å². The Labute approximate surface area is 188 Å². The summed E-state index contributed by atoms with van der Waals surface area (Å²) in [7, 11) is 1.67. The first-order chi connectivity index (χ1) is 15.5. The molecule has 6 nitrogen and oxygen atoms in total. The molecular weight excluding hydrogens is 406 g/mol. The third-order valence-electron chi connectivity index (χ3n) is 9.56. The molecule has 6 atom stereocenters. The lowest BCUT2D eigenvalue weighted by Crippen LogP contribution is -2.79. The largest absolute Gasteiger partial charge is 0.493 e. The van der Waals surface area contributed by atoms with Crippen molar-refractivity contribution in [3.05, 3.63) is 35.4 Å². The van der Waals surface area contributed by atoms with E-state index in [2.05, 4.69) is 17.0 Å². The number of rotatable bonds is 5. The fourth-order valence-corrected chi connectivity index (χ4v) is 8.15. The predicted octanol–water partition coefficient (Wildman–Crippen LogP) is 2.60. The van der Waals surface area contributed by atoms with Crippen molar-refractivity contribution >= 4 is 5.97 Å². The number of piperidine rings is 1. The zero-order chi connectivity index (χ0) is 21.9. The van der Waals surface area contributed by atoms with Crippen LogP contribution in [-0.2, 0) is 21.4 Å². The van der Waals surface area contributed by atoms with Crippen LogP contribution in [0.5, 0.6) is 11.5 Å². The van der Waals surface area contributed by atoms with Crippen LogP contribution in [0.2, 0.25) is 0 Å². The van der Waals surface area contributed by atoms with Gasteiger partial charge in [-0.1, -0.05) is 18.2 Å². The zero-order valence-electron chi connectivity index (χ0n) is 18.8. The number of nitrogens with zero attached hydrogens (tertiary/aromatic N) is 1. The lowest BCUT2D eigenvalue weighted by Gasteiger charge is -2.70. The van der Waals surface area contributed by atoms with Crippen LogP contribution < -0.4 is 9.47 Å². The van der Waals surface area contributed by atoms with Crippen molar-refractivity contribution in [1.82, 2.24) is 4.90 Å². The molecule has 0 radical (unpaired) electrons. The second-order valence-corrected chi connectivity index (χ2v) is 10.8. The molecule has 1 saturated heterocycles. The summed E-state index contributed by atoms with van der Waals surface area (Å²) in [6, 6.07) is 4.50. The van der Waals surface area contributed by atoms with Gasteiger partial charge >= 0.3 is 5.97 Å². The summed E-state index contributed by atoms with van der Waals surface area (Å²) in [6.45, 7) is 4.28. The van der Waals surface area contributed by atoms with Crippen LogP contribution in [0.4, 0.5) is 0 Å². The van der Waals surface area contributed by atoms with E-state index in [1.54, 1.807) is 7.11 Å². The molecule has 170 valence electrons. The third-order valence-corrected chi connectivity index (χ3v) is 9.56. The van der Waals surface area contributed by atoms with Gasteiger partial charge in [0.2, 0.25) is 0 Å². The maximum Gasteiger partial charge on any atom is 0.312 e. The Bertz CT molecular complexity index is 1050. The van der Waals surface area contributed by atoms with Gasteiger partial charge < -0.3 is 19.3 Å². The molecule has 3 fully saturated rings. The van der Waals surface area contributed by atoms with Gasteiger partial charge in [0.15, 0.2) is 11.5 Å². The highest BCUT2D eigenvalue weighted by Gasteiger charge is 2.79. The van der Waals surface area contributed by atoms with E-state index in [9.17, 15) is 9.90 Å². The minimum absolute atomic E-state index is 0.253. The molecular formula is C26H31NO5. The van der Waals surface area contributed by atoms with Gasteiger partial charge in [-0.3, -0.25) is 9.69 Å². The van der Waals surface area contributed by atoms with E-state index < -0.39 is 17.6 Å². The molecule has 0 amide bonds. The van der Waals surface area contributed by atoms with Gasteiger partial charge in [-0.2, -0.15) is 0 Å². The fraction of sp³-hybridized carbons (Fsp3) is 0.654. The molecule has 8 rings (SSSR count). The fourth-order valence-electron chi connectivity index (χ4n) is 8.15. The van der Waals surface area contributed by atoms with Gasteiger partial charge in [0.05, 0.1) is 25.0 Å². The molecule has 2 heterocycles. The highest BCUT2D eigenvalue weighted by atomic mass is 16.5. The molecule has 6 heteroatoms. The van der Waals surface area contributed by atoms with E-state index in [4.69, 9.17) is 14.2 Å². The van der Waals surface area contributed by atoms with Crippen molar-refractivity contribution < 1.29 is 24.1 Å². The van der Waals surface area contributed by atoms with Crippen molar-refractivity contribution in [2.75, 3.05) is 26.8 Å². The topological polar surface area (TPSA) is 68.2 Å². The van der Waals surface area contributed by atoms with E-state index in [0.29, 0.717) is 19.1 Å². The van der Waals surface area contributed by atoms with Crippen LogP contribution in [0.1, 0.15) is 43.7 Å². The van der Waals surface area contributed by atoms with Crippen molar-refractivity contribution in [2.24, 2.45) is 17.3 Å². The van der Waals surface area contributed by atoms with Crippen LogP contribution >= 0.6 is 0 Å². The van der Waals surface area contributed by atoms with Crippen molar-refractivity contribution in [2.45, 2.75) is 62.2 Å². The number of benzene rings is 1. The minimum atomic E-state index is -1.38. The van der Waals surface area contributed by atoms with Gasteiger partial charge in [0, 0.05) is 23.6 Å². The quantitative estimate of drug-likeness (QED) is 0.564. The first-order valence-corrected chi connectivity index (χ1v) is 12.2. The normalized spacial score (nSPS) is 42.4. The number of esters is 1. The van der Waals surface area contributed by atoms with Crippen LogP contribution in [0.3, 0.4) is 0 Å². The van der Waals surface area contributed by atoms with E-state index in [1.165, 1.54) is 24.0 Å². The average molecular weight is 438 g/mol. The van der Waals surface area contributed by atoms with Crippen LogP contribution in [0, 0.1) is 17.3 Å². The third kappa shape index (κ3) is 2.03. The Kier molecular flexibility index (Phi) is 3.69. The molecule has 2 saturated carbocycles. The monoisotopic (exact) mass is 437 g/mol. The maximum absolute atomic E-state index is 13.1. The van der Waals surface area contributed by atoms with E-state index in [1.807, 2.05) is 19.1 Å². The van der Waals surface area contributed by atoms with Crippen LogP contribution in [0.15, 0.2) is 24.3 Å². The molecule has 4 bridgehead atoms. The van der Waals surface area contributed by atoms with Crippen LogP contribution in [0.25, 0.3) is 0 Å². The lowest BCUT2D eigenvalue weighted by molar-refractivity contribution is -0.215. The summed E-state index contributed by atoms with van der Waals surface area (Å²) in [6.07, 6.45) is 8.78. The number of hydrogen-bond donors (Lipinski definition) is 1. The smallest absolute Gasteiger partial charge is 0.312 e. The van der Waals surface area contributed by atoms with Gasteiger partial charge in [-0.25, -0.2) is 0 Å². The molecule has 5 aliphatic carbocycles. The molecule has 0 aromatic heterocycles. The zero-order valence-corrected chi connectivity index (χ0v) is 18.8. The second kappa shape index (κ2) is 6.09. The molecule has 1 aromatic rings. The molecule has 1 N–H and O–H groups in total. The molecule has 7 aliphatic rings. The summed E-state index contributed by atoms with van der Waals surface area (Å²) in [5.41, 5.74) is 0.584. The summed E-state index contributed by atoms with van der Waals surface area (Å²) >= 11 is 0. The number of hydrogen-bond acceptors (Lipinski definition) is 6. The minimum Gasteiger partial charge on any atom is -0.493 e. The van der Waals surface area contributed by atoms with Gasteiger partial charge in [-0.15, -0.1) is 0 Å². The Morgan fingerprint density at radius 2 is 2.16 bits per heavy atom. The summed E-state index contributed by atoms with van der Waals surface area (Å²) in [5.74, 6) is 1.38. The van der Waals surface area contributed by atoms with Gasteiger partial charge in [-0.05, 0) is 63.1 Å². The summed E-state index contributed by atoms with van der Waals surface area (Å²) in [4.78, 5) is 15.8. The summed E-state index contributed by atoms with van der Waals surface area (Å²) < 4.78 is 17.8. The molecule has 2 spiro atoms. The number of likely N-dealkylation sites (tertiary alicyclic amines) is 1. The number of fused-ring (bicyclic) bond motifs is 1. The number of carbonyl (C=O) groups is 1. The number of carbonyl (C=O) groups excluding carboxylic acids is 1. The SMILES string of the molecule is CCOC(=O)[C@H]1C[C@@]23C=C[C@]1(O)[C@@H]1Oc4c(OC)ccc5c4[C@@]12CCN(CC1CC1)[C@@H]3C5. The second-order valence-electron chi connectivity index (χ2n) is 10.8. The molecule has 0 unspecified atom stereocenters. The van der Waals surface area contributed by atoms with Gasteiger partial charge in [0.1, 0.15) is 11.7 Å².